The first-order valence-electron chi connectivity index (χ1n) is 16.1. The van der Waals surface area contributed by atoms with E-state index in [1.54, 1.807) is 0 Å². The van der Waals surface area contributed by atoms with Crippen LogP contribution in [0.2, 0.25) is 0 Å². The Hall–Kier alpha value is -2.09. The number of nitrogens with one attached hydrogen (secondary N) is 2. The molecule has 8 nitrogen and oxygen atoms in total. The van der Waals surface area contributed by atoms with Gasteiger partial charge in [0, 0.05) is 19.5 Å². The molecule has 2 amide bonds. The molecule has 0 aromatic rings. The van der Waals surface area contributed by atoms with Crippen molar-refractivity contribution in [3.05, 3.63) is 11.6 Å². The molecule has 2 unspecified atom stereocenters. The Bertz CT molecular complexity index is 1010. The van der Waals surface area contributed by atoms with Gasteiger partial charge in [-0.1, -0.05) is 65.5 Å². The summed E-state index contributed by atoms with van der Waals surface area (Å²) < 4.78 is 10.1. The van der Waals surface area contributed by atoms with Crippen molar-refractivity contribution in [2.75, 3.05) is 20.2 Å². The minimum Gasteiger partial charge on any atom is -0.462 e. The van der Waals surface area contributed by atoms with E-state index < -0.39 is 23.6 Å². The Morgan fingerprint density at radius 3 is 2.44 bits per heavy atom. The lowest BCUT2D eigenvalue weighted by Crippen LogP contribution is -2.61. The van der Waals surface area contributed by atoms with Crippen molar-refractivity contribution < 1.29 is 29.0 Å². The van der Waals surface area contributed by atoms with Crippen molar-refractivity contribution in [1.82, 2.24) is 10.6 Å². The van der Waals surface area contributed by atoms with E-state index in [1.807, 2.05) is 0 Å². The number of aliphatic hydroxyl groups is 1. The summed E-state index contributed by atoms with van der Waals surface area (Å²) in [6.07, 6.45) is 13.2. The van der Waals surface area contributed by atoms with Crippen LogP contribution in [0.4, 0.5) is 4.79 Å². The first-order valence-corrected chi connectivity index (χ1v) is 16.1. The molecule has 232 valence electrons. The summed E-state index contributed by atoms with van der Waals surface area (Å²) >= 11 is 0. The van der Waals surface area contributed by atoms with Gasteiger partial charge >= 0.3 is 18.0 Å². The van der Waals surface area contributed by atoms with Crippen LogP contribution < -0.4 is 10.6 Å². The number of methoxy groups -OCH3 is 1. The summed E-state index contributed by atoms with van der Waals surface area (Å²) in [5, 5.41) is 17.5. The summed E-state index contributed by atoms with van der Waals surface area (Å²) in [7, 11) is 1.14. The topological polar surface area (TPSA) is 114 Å². The fourth-order valence-electron chi connectivity index (χ4n) is 9.53. The molecule has 3 N–H and O–H groups in total. The van der Waals surface area contributed by atoms with Gasteiger partial charge in [-0.3, -0.25) is 4.79 Å². The summed E-state index contributed by atoms with van der Waals surface area (Å²) in [6, 6.07) is 0. The monoisotopic (exact) mass is 574 g/mol. The molecule has 0 aromatic heterocycles. The molecule has 8 heteroatoms. The van der Waals surface area contributed by atoms with Gasteiger partial charge in [-0.15, -0.1) is 0 Å². The largest absolute Gasteiger partial charge is 0.462 e. The molecule has 3 fully saturated rings. The molecule has 0 radical (unpaired) electrons. The number of hydrogen-bond donors (Lipinski definition) is 3. The lowest BCUT2D eigenvalue weighted by Gasteiger charge is -2.62. The Morgan fingerprint density at radius 2 is 1.73 bits per heavy atom. The van der Waals surface area contributed by atoms with Crippen LogP contribution in [-0.4, -0.2) is 55.0 Å². The summed E-state index contributed by atoms with van der Waals surface area (Å²) in [6.45, 7) is 12.2. The van der Waals surface area contributed by atoms with E-state index in [4.69, 9.17) is 4.74 Å². The number of ether oxygens (including phenoxy) is 2. The first-order chi connectivity index (χ1) is 19.3. The lowest BCUT2D eigenvalue weighted by atomic mass is 9.45. The molecule has 8 atom stereocenters. The van der Waals surface area contributed by atoms with Crippen molar-refractivity contribution in [3.63, 3.8) is 0 Å². The van der Waals surface area contributed by atoms with E-state index in [2.05, 4.69) is 56.1 Å². The molecule has 4 rings (SSSR count). The highest BCUT2D eigenvalue weighted by atomic mass is 16.6. The van der Waals surface area contributed by atoms with Gasteiger partial charge in [0.25, 0.3) is 0 Å². The second-order valence-electron chi connectivity index (χ2n) is 14.4. The Kier molecular flexibility index (Phi) is 9.82. The van der Waals surface area contributed by atoms with Gasteiger partial charge < -0.3 is 25.2 Å². The molecular formula is C33H54N2O6. The number of alkyl carbamates (subject to hydrolysis) is 1. The van der Waals surface area contributed by atoms with Crippen molar-refractivity contribution in [2.24, 2.45) is 40.4 Å². The van der Waals surface area contributed by atoms with Crippen LogP contribution in [0, 0.1) is 40.4 Å². The van der Waals surface area contributed by atoms with Crippen LogP contribution in [0.1, 0.15) is 105 Å². The molecule has 0 bridgehead atoms. The second kappa shape index (κ2) is 12.6. The summed E-state index contributed by atoms with van der Waals surface area (Å²) in [5.41, 5.74) is 0.821. The third kappa shape index (κ3) is 6.33. The van der Waals surface area contributed by atoms with Gasteiger partial charge in [-0.05, 0) is 85.4 Å². The molecule has 3 saturated carbocycles. The molecule has 41 heavy (non-hydrogen) atoms. The zero-order valence-electron chi connectivity index (χ0n) is 26.2. The number of carbonyl (C=O) groups excluding carboxylic acids is 3. The van der Waals surface area contributed by atoms with Crippen LogP contribution in [0.15, 0.2) is 11.6 Å². The molecule has 0 aromatic carbocycles. The van der Waals surface area contributed by atoms with E-state index in [0.717, 1.165) is 38.7 Å². The molecular weight excluding hydrogens is 520 g/mol. The molecule has 0 spiro atoms. The van der Waals surface area contributed by atoms with Gasteiger partial charge in [0.15, 0.2) is 0 Å². The fourth-order valence-corrected chi connectivity index (χ4v) is 9.53. The van der Waals surface area contributed by atoms with Crippen LogP contribution >= 0.6 is 0 Å². The maximum Gasteiger partial charge on any atom is 0.407 e. The predicted molar refractivity (Wildman–Crippen MR) is 158 cm³/mol. The minimum atomic E-state index is -0.965. The van der Waals surface area contributed by atoms with E-state index in [9.17, 15) is 19.5 Å². The van der Waals surface area contributed by atoms with E-state index in [-0.39, 0.29) is 35.9 Å². The van der Waals surface area contributed by atoms with E-state index in [0.29, 0.717) is 30.6 Å². The molecule has 0 heterocycles. The molecule has 0 saturated heterocycles. The van der Waals surface area contributed by atoms with Crippen LogP contribution in [0.3, 0.4) is 0 Å². The van der Waals surface area contributed by atoms with E-state index >= 15 is 0 Å². The number of amides is 2. The summed E-state index contributed by atoms with van der Waals surface area (Å²) in [4.78, 5) is 35.0. The highest BCUT2D eigenvalue weighted by Crippen LogP contribution is 2.68. The average Bonchev–Trinajstić information content (AvgIpc) is 3.29. The maximum atomic E-state index is 12.5. The van der Waals surface area contributed by atoms with Crippen molar-refractivity contribution in [1.29, 1.82) is 0 Å². The number of esters is 1. The highest BCUT2D eigenvalue weighted by molar-refractivity contribution is 6.32. The zero-order chi connectivity index (χ0) is 30.0. The van der Waals surface area contributed by atoms with E-state index in [1.165, 1.54) is 37.7 Å². The quantitative estimate of drug-likeness (QED) is 0.144. The maximum absolute atomic E-state index is 12.5. The Labute approximate surface area is 246 Å². The van der Waals surface area contributed by atoms with Crippen molar-refractivity contribution in [3.8, 4) is 0 Å². The second-order valence-corrected chi connectivity index (χ2v) is 14.4. The van der Waals surface area contributed by atoms with Crippen LogP contribution in [0.25, 0.3) is 0 Å². The highest BCUT2D eigenvalue weighted by Gasteiger charge is 2.65. The third-order valence-electron chi connectivity index (χ3n) is 11.7. The van der Waals surface area contributed by atoms with Gasteiger partial charge in [0.05, 0.1) is 12.7 Å². The number of fused-ring (bicyclic) bond motifs is 5. The van der Waals surface area contributed by atoms with Crippen LogP contribution in [-0.2, 0) is 19.1 Å². The van der Waals surface area contributed by atoms with Crippen molar-refractivity contribution >= 4 is 18.0 Å². The van der Waals surface area contributed by atoms with Gasteiger partial charge in [-0.2, -0.15) is 0 Å². The Balaban J connectivity index is 1.34. The van der Waals surface area contributed by atoms with Gasteiger partial charge in [0.1, 0.15) is 6.10 Å². The van der Waals surface area contributed by atoms with Gasteiger partial charge in [-0.25, -0.2) is 9.59 Å². The third-order valence-corrected chi connectivity index (χ3v) is 11.7. The molecule has 4 aliphatic carbocycles. The predicted octanol–water partition coefficient (Wildman–Crippen LogP) is 5.53. The molecule has 4 aliphatic rings. The zero-order valence-corrected chi connectivity index (χ0v) is 26.2. The average molecular weight is 575 g/mol. The first kappa shape index (κ1) is 31.8. The lowest BCUT2D eigenvalue weighted by molar-refractivity contribution is -0.182. The summed E-state index contributed by atoms with van der Waals surface area (Å²) in [5.74, 6) is 0.948. The van der Waals surface area contributed by atoms with Crippen molar-refractivity contribution in [2.45, 2.75) is 117 Å². The SMILES string of the molecule is COC(=O)C(=O)NCCNC(=O)O[C@H]1CC[C@@]2(C)C(=CC[C@]3(O)C2CC[C@@]2(C)C3CC[C@@H]2[C@H](C)CCCC(C)C)C1. The van der Waals surface area contributed by atoms with Crippen LogP contribution in [0.5, 0.6) is 0 Å². The minimum absolute atomic E-state index is 0.0657. The smallest absolute Gasteiger partial charge is 0.407 e. The molecule has 0 aliphatic heterocycles. The normalized spacial score (nSPS) is 36.7. The van der Waals surface area contributed by atoms with Gasteiger partial charge in [0.2, 0.25) is 0 Å². The number of hydrogen-bond acceptors (Lipinski definition) is 6. The Morgan fingerprint density at radius 1 is 1.00 bits per heavy atom. The number of carbonyl (C=O) groups is 3. The standard InChI is InChI=1S/C33H54N2O6/c1-21(2)8-7-9-22(3)25-10-11-26-32(25,5)16-14-27-31(4)15-13-24(20-23(31)12-17-33(26,27)39)41-30(38)35-19-18-34-28(36)29(37)40-6/h12,21-22,24-27,39H,7-11,13-20H2,1-6H3,(H,34,36)(H,35,38)/t22-,24+,25-,26?,27?,31+,32-,33-/m1/s1. The fraction of sp³-hybridized carbons (Fsp3) is 0.848. The number of rotatable bonds is 9.